The van der Waals surface area contributed by atoms with Crippen LogP contribution in [0.3, 0.4) is 0 Å². The third kappa shape index (κ3) is 1.97. The van der Waals surface area contributed by atoms with Gasteiger partial charge in [-0.25, -0.2) is 4.98 Å². The molecule has 17 heavy (non-hydrogen) atoms. The van der Waals surface area contributed by atoms with Gasteiger partial charge in [-0.05, 0) is 5.56 Å². The average Bonchev–Trinajstić information content (AvgIpc) is 2.71. The Kier molecular flexibility index (Phi) is 2.26. The van der Waals surface area contributed by atoms with Crippen LogP contribution in [0.5, 0.6) is 0 Å². The summed E-state index contributed by atoms with van der Waals surface area (Å²) in [5.74, 6) is 0.657. The van der Waals surface area contributed by atoms with E-state index in [0.717, 1.165) is 5.56 Å². The van der Waals surface area contributed by atoms with Crippen LogP contribution in [-0.2, 0) is 6.42 Å². The van der Waals surface area contributed by atoms with E-state index in [1.165, 1.54) is 0 Å². The number of oxazole rings is 1. The molecule has 2 N–H and O–H groups in total. The van der Waals surface area contributed by atoms with Crippen LogP contribution in [0.4, 0.5) is 5.69 Å². The number of anilines is 1. The second kappa shape index (κ2) is 3.90. The Morgan fingerprint density at radius 2 is 2.00 bits per heavy atom. The predicted octanol–water partition coefficient (Wildman–Crippen LogP) is 2.40. The van der Waals surface area contributed by atoms with Gasteiger partial charge in [0, 0.05) is 12.5 Å². The average molecular weight is 225 g/mol. The van der Waals surface area contributed by atoms with Crippen LogP contribution in [0.25, 0.3) is 11.2 Å². The summed E-state index contributed by atoms with van der Waals surface area (Å²) in [6.45, 7) is 0. The molecule has 2 aromatic heterocycles. The highest BCUT2D eigenvalue weighted by atomic mass is 16.3. The molecule has 0 aliphatic heterocycles. The number of hydrogen-bond acceptors (Lipinski definition) is 4. The van der Waals surface area contributed by atoms with E-state index in [0.29, 0.717) is 29.2 Å². The zero-order valence-electron chi connectivity index (χ0n) is 9.13. The molecule has 1 aromatic carbocycles. The largest absolute Gasteiger partial charge is 0.438 e. The fourth-order valence-corrected chi connectivity index (χ4v) is 1.73. The Bertz CT molecular complexity index is 646. The highest BCUT2D eigenvalue weighted by Crippen LogP contribution is 2.17. The van der Waals surface area contributed by atoms with Gasteiger partial charge in [0.05, 0.1) is 11.9 Å². The summed E-state index contributed by atoms with van der Waals surface area (Å²) in [6.07, 6.45) is 2.24. The van der Waals surface area contributed by atoms with E-state index in [9.17, 15) is 0 Å². The summed E-state index contributed by atoms with van der Waals surface area (Å²) in [5, 5.41) is 0. The lowest BCUT2D eigenvalue weighted by Gasteiger charge is -1.94. The number of nitrogens with two attached hydrogens (primary N) is 1. The number of nitrogen functional groups attached to an aromatic ring is 1. The van der Waals surface area contributed by atoms with Crippen LogP contribution < -0.4 is 5.73 Å². The molecule has 0 fully saturated rings. The first-order valence-electron chi connectivity index (χ1n) is 5.36. The molecular weight excluding hydrogens is 214 g/mol. The number of nitrogens with zero attached hydrogens (tertiary/aromatic N) is 2. The van der Waals surface area contributed by atoms with E-state index >= 15 is 0 Å². The van der Waals surface area contributed by atoms with Crippen LogP contribution in [0.2, 0.25) is 0 Å². The minimum absolute atomic E-state index is 0.583. The number of aromatic nitrogens is 2. The SMILES string of the molecule is Nc1cnc2nc(Cc3ccccc3)oc2c1. The highest BCUT2D eigenvalue weighted by Gasteiger charge is 2.07. The molecule has 3 rings (SSSR count). The van der Waals surface area contributed by atoms with Crippen molar-refractivity contribution in [2.45, 2.75) is 6.42 Å². The lowest BCUT2D eigenvalue weighted by atomic mass is 10.2. The van der Waals surface area contributed by atoms with Crippen LogP contribution in [-0.4, -0.2) is 9.97 Å². The summed E-state index contributed by atoms with van der Waals surface area (Å²) >= 11 is 0. The summed E-state index contributed by atoms with van der Waals surface area (Å²) in [6, 6.07) is 11.8. The van der Waals surface area contributed by atoms with E-state index in [4.69, 9.17) is 10.2 Å². The number of pyridine rings is 1. The monoisotopic (exact) mass is 225 g/mol. The number of fused-ring (bicyclic) bond motifs is 1. The first-order valence-corrected chi connectivity index (χ1v) is 5.36. The minimum Gasteiger partial charge on any atom is -0.438 e. The molecule has 0 saturated heterocycles. The van der Waals surface area contributed by atoms with Crippen molar-refractivity contribution in [3.05, 3.63) is 54.0 Å². The minimum atomic E-state index is 0.583. The first kappa shape index (κ1) is 9.84. The van der Waals surface area contributed by atoms with Crippen LogP contribution >= 0.6 is 0 Å². The van der Waals surface area contributed by atoms with Crippen LogP contribution in [0, 0.1) is 0 Å². The maximum absolute atomic E-state index is 5.64. The van der Waals surface area contributed by atoms with Gasteiger partial charge in [0.15, 0.2) is 11.2 Å². The van der Waals surface area contributed by atoms with Gasteiger partial charge < -0.3 is 10.2 Å². The molecule has 0 spiro atoms. The first-order chi connectivity index (χ1) is 8.31. The van der Waals surface area contributed by atoms with Gasteiger partial charge in [0.25, 0.3) is 0 Å². The molecule has 0 aliphatic rings. The smallest absolute Gasteiger partial charge is 0.201 e. The standard InChI is InChI=1S/C13H11N3O/c14-10-7-11-13(15-8-10)16-12(17-11)6-9-4-2-1-3-5-9/h1-5,7-8H,6,14H2. The fourth-order valence-electron chi connectivity index (χ4n) is 1.73. The van der Waals surface area contributed by atoms with E-state index < -0.39 is 0 Å². The van der Waals surface area contributed by atoms with Crippen LogP contribution in [0.1, 0.15) is 11.5 Å². The van der Waals surface area contributed by atoms with Crippen molar-refractivity contribution in [2.24, 2.45) is 0 Å². The van der Waals surface area contributed by atoms with Gasteiger partial charge in [0.2, 0.25) is 5.89 Å². The lowest BCUT2D eigenvalue weighted by molar-refractivity contribution is 0.544. The molecule has 0 bridgehead atoms. The second-order valence-corrected chi connectivity index (χ2v) is 3.86. The fraction of sp³-hybridized carbons (Fsp3) is 0.0769. The van der Waals surface area contributed by atoms with Crippen molar-refractivity contribution in [3.8, 4) is 0 Å². The normalized spacial score (nSPS) is 10.8. The van der Waals surface area contributed by atoms with Gasteiger partial charge in [-0.2, -0.15) is 4.98 Å². The van der Waals surface area contributed by atoms with E-state index in [-0.39, 0.29) is 0 Å². The number of hydrogen-bond donors (Lipinski definition) is 1. The van der Waals surface area contributed by atoms with Gasteiger partial charge in [0.1, 0.15) is 0 Å². The summed E-state index contributed by atoms with van der Waals surface area (Å²) in [5.41, 5.74) is 8.62. The van der Waals surface area contributed by atoms with Crippen molar-refractivity contribution < 1.29 is 4.42 Å². The van der Waals surface area contributed by atoms with Gasteiger partial charge >= 0.3 is 0 Å². The third-order valence-electron chi connectivity index (χ3n) is 2.51. The Morgan fingerprint density at radius 3 is 2.82 bits per heavy atom. The molecule has 2 heterocycles. The molecule has 0 amide bonds. The van der Waals surface area contributed by atoms with Crippen molar-refractivity contribution >= 4 is 16.9 Å². The topological polar surface area (TPSA) is 64.9 Å². The maximum Gasteiger partial charge on any atom is 0.201 e. The van der Waals surface area contributed by atoms with Crippen molar-refractivity contribution in [3.63, 3.8) is 0 Å². The maximum atomic E-state index is 5.64. The molecule has 0 saturated carbocycles. The van der Waals surface area contributed by atoms with Crippen molar-refractivity contribution in [2.75, 3.05) is 5.73 Å². The van der Waals surface area contributed by atoms with Gasteiger partial charge in [-0.3, -0.25) is 0 Å². The van der Waals surface area contributed by atoms with Crippen LogP contribution in [0.15, 0.2) is 47.0 Å². The lowest BCUT2D eigenvalue weighted by Crippen LogP contribution is -1.87. The van der Waals surface area contributed by atoms with E-state index in [1.54, 1.807) is 12.3 Å². The molecular formula is C13H11N3O. The number of rotatable bonds is 2. The molecule has 3 aromatic rings. The Balaban J connectivity index is 1.96. The zero-order valence-corrected chi connectivity index (χ0v) is 9.13. The van der Waals surface area contributed by atoms with Crippen molar-refractivity contribution in [1.29, 1.82) is 0 Å². The second-order valence-electron chi connectivity index (χ2n) is 3.86. The summed E-state index contributed by atoms with van der Waals surface area (Å²) in [4.78, 5) is 8.43. The highest BCUT2D eigenvalue weighted by molar-refractivity contribution is 5.71. The summed E-state index contributed by atoms with van der Waals surface area (Å²) in [7, 11) is 0. The van der Waals surface area contributed by atoms with Gasteiger partial charge in [-0.1, -0.05) is 30.3 Å². The van der Waals surface area contributed by atoms with E-state index in [1.807, 2.05) is 30.3 Å². The number of benzene rings is 1. The molecule has 4 heteroatoms. The Hall–Kier alpha value is -2.36. The zero-order chi connectivity index (χ0) is 11.7. The molecule has 84 valence electrons. The molecule has 4 nitrogen and oxygen atoms in total. The summed E-state index contributed by atoms with van der Waals surface area (Å²) < 4.78 is 5.60. The quantitative estimate of drug-likeness (QED) is 0.727. The Morgan fingerprint density at radius 1 is 1.18 bits per heavy atom. The molecule has 0 aliphatic carbocycles. The Labute approximate surface area is 98.1 Å². The molecule has 0 atom stereocenters. The van der Waals surface area contributed by atoms with Gasteiger partial charge in [-0.15, -0.1) is 0 Å². The molecule has 0 unspecified atom stereocenters. The molecule has 0 radical (unpaired) electrons. The predicted molar refractivity (Wildman–Crippen MR) is 65.5 cm³/mol. The third-order valence-corrected chi connectivity index (χ3v) is 2.51. The van der Waals surface area contributed by atoms with Crippen molar-refractivity contribution in [1.82, 2.24) is 9.97 Å². The van der Waals surface area contributed by atoms with E-state index in [2.05, 4.69) is 9.97 Å².